The largest absolute Gasteiger partial charge is 0.394 e. The molecule has 0 aromatic carbocycles. The topological polar surface area (TPSA) is 61.4 Å². The lowest BCUT2D eigenvalue weighted by Crippen LogP contribution is -2.52. The minimum absolute atomic E-state index is 0.0153. The Bertz CT molecular complexity index is 248. The molecule has 0 unspecified atom stereocenters. The van der Waals surface area contributed by atoms with E-state index in [-0.39, 0.29) is 29.9 Å². The molecule has 0 aromatic heterocycles. The highest BCUT2D eigenvalue weighted by Crippen LogP contribution is 2.32. The summed E-state index contributed by atoms with van der Waals surface area (Å²) in [5.74, 6) is 0.383. The van der Waals surface area contributed by atoms with E-state index in [4.69, 9.17) is 0 Å². The Labute approximate surface area is 104 Å². The van der Waals surface area contributed by atoms with Crippen molar-refractivity contribution in [3.63, 3.8) is 0 Å². The van der Waals surface area contributed by atoms with Gasteiger partial charge in [-0.1, -0.05) is 20.8 Å². The standard InChI is InChI=1S/C13H26N2O2/c1-4-13(5-7-14-8-6-13)12(17)15-11(9-16)10(2)3/h10-11,14,16H,4-9H2,1-3H3,(H,15,17)/t11-/m1/s1. The maximum atomic E-state index is 12.4. The van der Waals surface area contributed by atoms with Crippen LogP contribution >= 0.6 is 0 Å². The second-order valence-electron chi connectivity index (χ2n) is 5.39. The third kappa shape index (κ3) is 3.42. The minimum atomic E-state index is -0.229. The predicted octanol–water partition coefficient (Wildman–Crippen LogP) is 0.899. The van der Waals surface area contributed by atoms with Gasteiger partial charge in [-0.15, -0.1) is 0 Å². The summed E-state index contributed by atoms with van der Waals surface area (Å²) in [4.78, 5) is 12.4. The van der Waals surface area contributed by atoms with Crippen LogP contribution < -0.4 is 10.6 Å². The van der Waals surface area contributed by atoms with Gasteiger partial charge in [-0.05, 0) is 38.3 Å². The molecule has 1 amide bonds. The van der Waals surface area contributed by atoms with Gasteiger partial charge < -0.3 is 15.7 Å². The molecule has 17 heavy (non-hydrogen) atoms. The molecule has 1 rings (SSSR count). The average molecular weight is 242 g/mol. The first-order valence-corrected chi connectivity index (χ1v) is 6.68. The zero-order valence-electron chi connectivity index (χ0n) is 11.3. The number of hydrogen-bond acceptors (Lipinski definition) is 3. The third-order valence-corrected chi connectivity index (χ3v) is 4.04. The molecule has 1 saturated heterocycles. The van der Waals surface area contributed by atoms with E-state index < -0.39 is 0 Å². The van der Waals surface area contributed by atoms with Crippen molar-refractivity contribution in [1.82, 2.24) is 10.6 Å². The van der Waals surface area contributed by atoms with Crippen molar-refractivity contribution in [2.24, 2.45) is 11.3 Å². The average Bonchev–Trinajstić information content (AvgIpc) is 2.35. The van der Waals surface area contributed by atoms with Crippen LogP contribution in [0.25, 0.3) is 0 Å². The molecule has 1 atom stereocenters. The Balaban J connectivity index is 2.65. The van der Waals surface area contributed by atoms with Gasteiger partial charge in [-0.3, -0.25) is 4.79 Å². The fourth-order valence-electron chi connectivity index (χ4n) is 2.39. The van der Waals surface area contributed by atoms with E-state index in [9.17, 15) is 9.90 Å². The van der Waals surface area contributed by atoms with Crippen LogP contribution in [0.1, 0.15) is 40.0 Å². The first-order chi connectivity index (χ1) is 8.05. The van der Waals surface area contributed by atoms with Crippen molar-refractivity contribution in [2.75, 3.05) is 19.7 Å². The van der Waals surface area contributed by atoms with Crippen LogP contribution in [0.5, 0.6) is 0 Å². The van der Waals surface area contributed by atoms with Gasteiger partial charge in [0, 0.05) is 0 Å². The molecule has 3 N–H and O–H groups in total. The number of amides is 1. The number of piperidine rings is 1. The summed E-state index contributed by atoms with van der Waals surface area (Å²) in [6, 6.07) is -0.124. The van der Waals surface area contributed by atoms with E-state index >= 15 is 0 Å². The van der Waals surface area contributed by atoms with Gasteiger partial charge >= 0.3 is 0 Å². The molecule has 1 heterocycles. The smallest absolute Gasteiger partial charge is 0.226 e. The molecule has 1 aliphatic heterocycles. The highest BCUT2D eigenvalue weighted by molar-refractivity contribution is 5.83. The van der Waals surface area contributed by atoms with Gasteiger partial charge in [0.05, 0.1) is 18.1 Å². The zero-order valence-corrected chi connectivity index (χ0v) is 11.3. The first-order valence-electron chi connectivity index (χ1n) is 6.68. The monoisotopic (exact) mass is 242 g/mol. The fraction of sp³-hybridized carbons (Fsp3) is 0.923. The maximum Gasteiger partial charge on any atom is 0.226 e. The number of carbonyl (C=O) groups excluding carboxylic acids is 1. The van der Waals surface area contributed by atoms with Crippen LogP contribution in [0.15, 0.2) is 0 Å². The van der Waals surface area contributed by atoms with Crippen molar-refractivity contribution in [3.8, 4) is 0 Å². The molecule has 100 valence electrons. The van der Waals surface area contributed by atoms with E-state index in [0.29, 0.717) is 0 Å². The van der Waals surface area contributed by atoms with Gasteiger partial charge in [-0.25, -0.2) is 0 Å². The van der Waals surface area contributed by atoms with E-state index in [1.165, 1.54) is 0 Å². The summed E-state index contributed by atoms with van der Waals surface area (Å²) in [5.41, 5.74) is -0.229. The molecule has 1 aliphatic rings. The van der Waals surface area contributed by atoms with Gasteiger partial charge in [-0.2, -0.15) is 0 Å². The van der Waals surface area contributed by atoms with E-state index in [1.54, 1.807) is 0 Å². The molecular formula is C13H26N2O2. The van der Waals surface area contributed by atoms with Crippen molar-refractivity contribution >= 4 is 5.91 Å². The summed E-state index contributed by atoms with van der Waals surface area (Å²) in [6.07, 6.45) is 2.66. The van der Waals surface area contributed by atoms with Crippen LogP contribution in [-0.2, 0) is 4.79 Å². The highest BCUT2D eigenvalue weighted by atomic mass is 16.3. The number of nitrogens with one attached hydrogen (secondary N) is 2. The van der Waals surface area contributed by atoms with Gasteiger partial charge in [0.2, 0.25) is 5.91 Å². The molecule has 0 saturated carbocycles. The number of carbonyl (C=O) groups is 1. The quantitative estimate of drug-likeness (QED) is 0.671. The van der Waals surface area contributed by atoms with E-state index in [2.05, 4.69) is 17.6 Å². The summed E-state index contributed by atoms with van der Waals surface area (Å²) in [5, 5.41) is 15.6. The zero-order chi connectivity index (χ0) is 12.9. The van der Waals surface area contributed by atoms with Gasteiger partial charge in [0.1, 0.15) is 0 Å². The molecule has 0 aliphatic carbocycles. The Morgan fingerprint density at radius 2 is 2.00 bits per heavy atom. The van der Waals surface area contributed by atoms with Crippen molar-refractivity contribution < 1.29 is 9.90 Å². The summed E-state index contributed by atoms with van der Waals surface area (Å²) < 4.78 is 0. The lowest BCUT2D eigenvalue weighted by atomic mass is 9.75. The summed E-state index contributed by atoms with van der Waals surface area (Å²) in [6.45, 7) is 7.94. The number of aliphatic hydroxyl groups is 1. The number of aliphatic hydroxyl groups excluding tert-OH is 1. The minimum Gasteiger partial charge on any atom is -0.394 e. The molecule has 0 aromatic rings. The molecule has 0 radical (unpaired) electrons. The van der Waals surface area contributed by atoms with Crippen molar-refractivity contribution in [2.45, 2.75) is 46.1 Å². The predicted molar refractivity (Wildman–Crippen MR) is 68.7 cm³/mol. The molecule has 4 heteroatoms. The van der Waals surface area contributed by atoms with Crippen LogP contribution in [0.4, 0.5) is 0 Å². The molecule has 4 nitrogen and oxygen atoms in total. The number of rotatable bonds is 5. The van der Waals surface area contributed by atoms with Gasteiger partial charge in [0.15, 0.2) is 0 Å². The van der Waals surface area contributed by atoms with Gasteiger partial charge in [0.25, 0.3) is 0 Å². The summed E-state index contributed by atoms with van der Waals surface area (Å²) in [7, 11) is 0. The molecular weight excluding hydrogens is 216 g/mol. The van der Waals surface area contributed by atoms with Crippen molar-refractivity contribution in [1.29, 1.82) is 0 Å². The van der Waals surface area contributed by atoms with E-state index in [0.717, 1.165) is 32.4 Å². The molecule has 0 bridgehead atoms. The third-order valence-electron chi connectivity index (χ3n) is 4.04. The van der Waals surface area contributed by atoms with E-state index in [1.807, 2.05) is 13.8 Å². The molecule has 1 fully saturated rings. The lowest BCUT2D eigenvalue weighted by molar-refractivity contribution is -0.134. The van der Waals surface area contributed by atoms with Crippen molar-refractivity contribution in [3.05, 3.63) is 0 Å². The lowest BCUT2D eigenvalue weighted by Gasteiger charge is -2.37. The Morgan fingerprint density at radius 3 is 2.41 bits per heavy atom. The normalized spacial score (nSPS) is 21.2. The first kappa shape index (κ1) is 14.5. The molecule has 0 spiro atoms. The number of hydrogen-bond donors (Lipinski definition) is 3. The second-order valence-corrected chi connectivity index (χ2v) is 5.39. The van der Waals surface area contributed by atoms with Crippen LogP contribution in [0.2, 0.25) is 0 Å². The van der Waals surface area contributed by atoms with Crippen LogP contribution in [0.3, 0.4) is 0 Å². The Hall–Kier alpha value is -0.610. The maximum absolute atomic E-state index is 12.4. The highest BCUT2D eigenvalue weighted by Gasteiger charge is 2.38. The fourth-order valence-corrected chi connectivity index (χ4v) is 2.39. The SMILES string of the molecule is CCC1(C(=O)N[C@H](CO)C(C)C)CCNCC1. The Morgan fingerprint density at radius 1 is 1.41 bits per heavy atom. The Kier molecular flexibility index (Phi) is 5.40. The second kappa shape index (κ2) is 6.36. The van der Waals surface area contributed by atoms with Crippen LogP contribution in [0, 0.1) is 11.3 Å². The summed E-state index contributed by atoms with van der Waals surface area (Å²) >= 11 is 0. The van der Waals surface area contributed by atoms with Crippen LogP contribution in [-0.4, -0.2) is 36.8 Å².